The molecule has 0 amide bonds. The van der Waals surface area contributed by atoms with Gasteiger partial charge in [-0.05, 0) is 38.0 Å². The molecule has 0 aromatic heterocycles. The van der Waals surface area contributed by atoms with Crippen LogP contribution in [0.25, 0.3) is 0 Å². The molecule has 0 aromatic rings. The molecular formula is C17H34N2O. The maximum Gasteiger partial charge on any atom is 0.0594 e. The Balaban J connectivity index is 1.79. The van der Waals surface area contributed by atoms with Crippen molar-refractivity contribution in [1.29, 1.82) is 0 Å². The number of hydrogen-bond donors (Lipinski definition) is 1. The van der Waals surface area contributed by atoms with Crippen molar-refractivity contribution in [2.24, 2.45) is 11.8 Å². The second kappa shape index (κ2) is 8.35. The zero-order chi connectivity index (χ0) is 14.4. The van der Waals surface area contributed by atoms with Crippen molar-refractivity contribution in [3.63, 3.8) is 0 Å². The highest BCUT2D eigenvalue weighted by molar-refractivity contribution is 4.82. The van der Waals surface area contributed by atoms with E-state index < -0.39 is 0 Å². The number of nitrogens with one attached hydrogen (secondary N) is 1. The van der Waals surface area contributed by atoms with Gasteiger partial charge in [0.15, 0.2) is 0 Å². The lowest BCUT2D eigenvalue weighted by Crippen LogP contribution is -2.50. The Morgan fingerprint density at radius 3 is 2.35 bits per heavy atom. The minimum Gasteiger partial charge on any atom is -0.379 e. The number of nitrogens with zero attached hydrogens (tertiary/aromatic N) is 1. The van der Waals surface area contributed by atoms with Crippen molar-refractivity contribution in [1.82, 2.24) is 10.2 Å². The van der Waals surface area contributed by atoms with E-state index in [0.717, 1.165) is 44.7 Å². The Morgan fingerprint density at radius 1 is 1.10 bits per heavy atom. The summed E-state index contributed by atoms with van der Waals surface area (Å²) in [6.45, 7) is 12.3. The van der Waals surface area contributed by atoms with Crippen molar-refractivity contribution >= 4 is 0 Å². The zero-order valence-corrected chi connectivity index (χ0v) is 13.7. The minimum absolute atomic E-state index is 0.683. The summed E-state index contributed by atoms with van der Waals surface area (Å²) in [6, 6.07) is 1.37. The average molecular weight is 282 g/mol. The molecule has 1 aliphatic carbocycles. The summed E-state index contributed by atoms with van der Waals surface area (Å²) in [4.78, 5) is 2.64. The molecule has 20 heavy (non-hydrogen) atoms. The summed E-state index contributed by atoms with van der Waals surface area (Å²) >= 11 is 0. The first-order chi connectivity index (χ1) is 9.66. The van der Waals surface area contributed by atoms with Crippen LogP contribution in [0, 0.1) is 11.8 Å². The molecule has 3 heteroatoms. The molecular weight excluding hydrogens is 248 g/mol. The predicted octanol–water partition coefficient (Wildman–Crippen LogP) is 2.90. The van der Waals surface area contributed by atoms with E-state index in [1.54, 1.807) is 0 Å². The topological polar surface area (TPSA) is 24.5 Å². The molecule has 3 nitrogen and oxygen atoms in total. The van der Waals surface area contributed by atoms with Crippen LogP contribution in [0.2, 0.25) is 0 Å². The summed E-state index contributed by atoms with van der Waals surface area (Å²) in [5.41, 5.74) is 0. The van der Waals surface area contributed by atoms with Gasteiger partial charge in [-0.2, -0.15) is 0 Å². The third kappa shape index (κ3) is 5.01. The Hall–Kier alpha value is -0.120. The smallest absolute Gasteiger partial charge is 0.0594 e. The van der Waals surface area contributed by atoms with E-state index in [4.69, 9.17) is 4.74 Å². The quantitative estimate of drug-likeness (QED) is 0.777. The maximum atomic E-state index is 5.50. The highest BCUT2D eigenvalue weighted by Crippen LogP contribution is 2.27. The molecule has 0 spiro atoms. The highest BCUT2D eigenvalue weighted by atomic mass is 16.5. The van der Waals surface area contributed by atoms with Gasteiger partial charge in [0, 0.05) is 31.7 Å². The molecule has 1 saturated carbocycles. The Labute approximate surface area is 125 Å². The molecule has 1 N–H and O–H groups in total. The van der Waals surface area contributed by atoms with E-state index in [9.17, 15) is 0 Å². The average Bonchev–Trinajstić information content (AvgIpc) is 2.98. The molecule has 118 valence electrons. The SMILES string of the molecule is CC(C)CC(CNC(C)C1CCCC1)N1CCOCC1. The first-order valence-corrected chi connectivity index (χ1v) is 8.72. The van der Waals surface area contributed by atoms with Crippen molar-refractivity contribution in [3.8, 4) is 0 Å². The van der Waals surface area contributed by atoms with Crippen LogP contribution in [-0.4, -0.2) is 49.8 Å². The van der Waals surface area contributed by atoms with Crippen LogP contribution in [0.5, 0.6) is 0 Å². The molecule has 1 heterocycles. The van der Waals surface area contributed by atoms with Crippen molar-refractivity contribution in [2.45, 2.75) is 65.0 Å². The second-order valence-electron chi connectivity index (χ2n) is 7.17. The summed E-state index contributed by atoms with van der Waals surface area (Å²) in [5, 5.41) is 3.84. The number of hydrogen-bond acceptors (Lipinski definition) is 3. The van der Waals surface area contributed by atoms with Crippen LogP contribution in [0.15, 0.2) is 0 Å². The van der Waals surface area contributed by atoms with Gasteiger partial charge in [0.05, 0.1) is 13.2 Å². The van der Waals surface area contributed by atoms with Crippen LogP contribution < -0.4 is 5.32 Å². The lowest BCUT2D eigenvalue weighted by atomic mass is 9.98. The van der Waals surface area contributed by atoms with E-state index >= 15 is 0 Å². The van der Waals surface area contributed by atoms with Gasteiger partial charge in [-0.1, -0.05) is 26.7 Å². The fourth-order valence-corrected chi connectivity index (χ4v) is 3.79. The zero-order valence-electron chi connectivity index (χ0n) is 13.7. The highest BCUT2D eigenvalue weighted by Gasteiger charge is 2.25. The Kier molecular flexibility index (Phi) is 6.79. The Morgan fingerprint density at radius 2 is 1.75 bits per heavy atom. The molecule has 0 bridgehead atoms. The van der Waals surface area contributed by atoms with Gasteiger partial charge in [0.1, 0.15) is 0 Å². The minimum atomic E-state index is 0.683. The van der Waals surface area contributed by atoms with Gasteiger partial charge in [-0.3, -0.25) is 4.90 Å². The van der Waals surface area contributed by atoms with Crippen LogP contribution in [0.4, 0.5) is 0 Å². The number of morpholine rings is 1. The van der Waals surface area contributed by atoms with E-state index in [0.29, 0.717) is 12.1 Å². The molecule has 0 radical (unpaired) electrons. The van der Waals surface area contributed by atoms with Gasteiger partial charge in [0.25, 0.3) is 0 Å². The number of ether oxygens (including phenoxy) is 1. The lowest BCUT2D eigenvalue weighted by molar-refractivity contribution is 0.0115. The number of rotatable bonds is 7. The van der Waals surface area contributed by atoms with E-state index in [1.165, 1.54) is 32.1 Å². The lowest BCUT2D eigenvalue weighted by Gasteiger charge is -2.36. The predicted molar refractivity (Wildman–Crippen MR) is 85.1 cm³/mol. The Bertz CT molecular complexity index is 258. The van der Waals surface area contributed by atoms with E-state index in [2.05, 4.69) is 31.0 Å². The van der Waals surface area contributed by atoms with E-state index in [-0.39, 0.29) is 0 Å². The van der Waals surface area contributed by atoms with Gasteiger partial charge < -0.3 is 10.1 Å². The third-order valence-electron chi connectivity index (χ3n) is 5.09. The summed E-state index contributed by atoms with van der Waals surface area (Å²) in [6.07, 6.45) is 7.04. The van der Waals surface area contributed by atoms with Crippen LogP contribution in [-0.2, 0) is 4.74 Å². The monoisotopic (exact) mass is 282 g/mol. The third-order valence-corrected chi connectivity index (χ3v) is 5.09. The molecule has 0 aromatic carbocycles. The van der Waals surface area contributed by atoms with Gasteiger partial charge in [-0.15, -0.1) is 0 Å². The molecule has 2 atom stereocenters. The largest absolute Gasteiger partial charge is 0.379 e. The molecule has 2 fully saturated rings. The van der Waals surface area contributed by atoms with Crippen molar-refractivity contribution in [3.05, 3.63) is 0 Å². The van der Waals surface area contributed by atoms with Gasteiger partial charge >= 0.3 is 0 Å². The summed E-state index contributed by atoms with van der Waals surface area (Å²) < 4.78 is 5.50. The normalized spacial score (nSPS) is 25.2. The van der Waals surface area contributed by atoms with Crippen LogP contribution in [0.1, 0.15) is 52.9 Å². The molecule has 1 aliphatic heterocycles. The molecule has 2 unspecified atom stereocenters. The van der Waals surface area contributed by atoms with Crippen molar-refractivity contribution < 1.29 is 4.74 Å². The molecule has 1 saturated heterocycles. The van der Waals surface area contributed by atoms with Crippen LogP contribution >= 0.6 is 0 Å². The van der Waals surface area contributed by atoms with Gasteiger partial charge in [-0.25, -0.2) is 0 Å². The standard InChI is InChI=1S/C17H34N2O/c1-14(2)12-17(19-8-10-20-11-9-19)13-18-15(3)16-6-4-5-7-16/h14-18H,4-13H2,1-3H3. The second-order valence-corrected chi connectivity index (χ2v) is 7.17. The summed E-state index contributed by atoms with van der Waals surface area (Å²) in [5.74, 6) is 1.69. The maximum absolute atomic E-state index is 5.50. The van der Waals surface area contributed by atoms with Gasteiger partial charge in [0.2, 0.25) is 0 Å². The first-order valence-electron chi connectivity index (χ1n) is 8.72. The summed E-state index contributed by atoms with van der Waals surface area (Å²) in [7, 11) is 0. The fraction of sp³-hybridized carbons (Fsp3) is 1.00. The fourth-order valence-electron chi connectivity index (χ4n) is 3.79. The first kappa shape index (κ1) is 16.3. The van der Waals surface area contributed by atoms with Crippen LogP contribution in [0.3, 0.4) is 0 Å². The molecule has 2 aliphatic rings. The molecule has 2 rings (SSSR count). The van der Waals surface area contributed by atoms with Crippen molar-refractivity contribution in [2.75, 3.05) is 32.8 Å². The van der Waals surface area contributed by atoms with E-state index in [1.807, 2.05) is 0 Å².